The molecule has 2 rings (SSSR count). The highest BCUT2D eigenvalue weighted by Crippen LogP contribution is 2.33. The third-order valence-corrected chi connectivity index (χ3v) is 3.83. The molecule has 1 aliphatic rings. The van der Waals surface area contributed by atoms with Crippen LogP contribution in [0.1, 0.15) is 44.7 Å². The van der Waals surface area contributed by atoms with E-state index in [1.165, 1.54) is 12.1 Å². The largest absolute Gasteiger partial charge is 0.491 e. The molecule has 0 radical (unpaired) electrons. The van der Waals surface area contributed by atoms with Crippen LogP contribution in [0, 0.1) is 0 Å². The standard InChI is InChI=1S/C19H26F3N5O2/c1-4-28-17(25-24)7-8-27(15-5-6-15)26-18(23)13-9-14(19(20,21)22)11-16(10-13)29-12(2)3/h7-12,15H,4-6,24H2,1-3H3,(H2,23,26)/b8-7-,25-17-. The third kappa shape index (κ3) is 6.88. The van der Waals surface area contributed by atoms with Crippen molar-refractivity contribution in [1.82, 2.24) is 5.01 Å². The summed E-state index contributed by atoms with van der Waals surface area (Å²) in [6.07, 6.45) is 0.0571. The Morgan fingerprint density at radius 3 is 2.52 bits per heavy atom. The highest BCUT2D eigenvalue weighted by molar-refractivity contribution is 5.98. The zero-order valence-electron chi connectivity index (χ0n) is 16.6. The molecule has 0 atom stereocenters. The zero-order chi connectivity index (χ0) is 21.6. The van der Waals surface area contributed by atoms with Crippen LogP contribution in [-0.2, 0) is 10.9 Å². The molecule has 0 aliphatic heterocycles. The van der Waals surface area contributed by atoms with Gasteiger partial charge >= 0.3 is 6.18 Å². The Balaban J connectivity index is 2.35. The van der Waals surface area contributed by atoms with Gasteiger partial charge in [-0.25, -0.2) is 0 Å². The number of alkyl halides is 3. The van der Waals surface area contributed by atoms with Crippen LogP contribution >= 0.6 is 0 Å². The predicted molar refractivity (Wildman–Crippen MR) is 105 cm³/mol. The molecule has 1 aromatic rings. The number of nitrogens with two attached hydrogens (primary N) is 2. The summed E-state index contributed by atoms with van der Waals surface area (Å²) in [6, 6.07) is 3.44. The van der Waals surface area contributed by atoms with Gasteiger partial charge in [0.1, 0.15) is 5.75 Å². The number of ether oxygens (including phenoxy) is 2. The highest BCUT2D eigenvalue weighted by Gasteiger charge is 2.32. The number of rotatable bonds is 8. The molecule has 0 saturated heterocycles. The van der Waals surface area contributed by atoms with Gasteiger partial charge in [0.2, 0.25) is 5.90 Å². The minimum Gasteiger partial charge on any atom is -0.491 e. The van der Waals surface area contributed by atoms with Crippen molar-refractivity contribution in [3.63, 3.8) is 0 Å². The molecule has 1 fully saturated rings. The smallest absolute Gasteiger partial charge is 0.416 e. The quantitative estimate of drug-likeness (QED) is 0.295. The van der Waals surface area contributed by atoms with Gasteiger partial charge in [0.05, 0.1) is 24.3 Å². The van der Waals surface area contributed by atoms with Crippen molar-refractivity contribution in [3.8, 4) is 5.75 Å². The maximum absolute atomic E-state index is 13.3. The van der Waals surface area contributed by atoms with E-state index in [4.69, 9.17) is 21.1 Å². The van der Waals surface area contributed by atoms with Crippen molar-refractivity contribution in [2.75, 3.05) is 6.61 Å². The minimum atomic E-state index is -4.54. The lowest BCUT2D eigenvalue weighted by atomic mass is 10.1. The first-order chi connectivity index (χ1) is 13.6. The average molecular weight is 413 g/mol. The lowest BCUT2D eigenvalue weighted by Gasteiger charge is -2.17. The van der Waals surface area contributed by atoms with Crippen LogP contribution in [-0.4, -0.2) is 35.5 Å². The van der Waals surface area contributed by atoms with Gasteiger partial charge < -0.3 is 21.1 Å². The van der Waals surface area contributed by atoms with E-state index in [9.17, 15) is 13.2 Å². The molecule has 0 amide bonds. The summed E-state index contributed by atoms with van der Waals surface area (Å²) in [5.41, 5.74) is 5.30. The fourth-order valence-corrected chi connectivity index (χ4v) is 2.43. The molecular formula is C19H26F3N5O2. The van der Waals surface area contributed by atoms with Gasteiger partial charge in [-0.3, -0.25) is 5.01 Å². The predicted octanol–water partition coefficient (Wildman–Crippen LogP) is 3.40. The van der Waals surface area contributed by atoms with Gasteiger partial charge in [-0.1, -0.05) is 0 Å². The third-order valence-electron chi connectivity index (χ3n) is 3.83. The Hall–Kier alpha value is -2.91. The monoisotopic (exact) mass is 413 g/mol. The van der Waals surface area contributed by atoms with Crippen molar-refractivity contribution in [2.24, 2.45) is 21.8 Å². The Labute approximate surface area is 167 Å². The van der Waals surface area contributed by atoms with Crippen LogP contribution < -0.4 is 16.3 Å². The number of benzene rings is 1. The van der Waals surface area contributed by atoms with Crippen LogP contribution in [0.2, 0.25) is 0 Å². The second-order valence-electron chi connectivity index (χ2n) is 6.72. The van der Waals surface area contributed by atoms with E-state index in [1.807, 2.05) is 0 Å². The summed E-state index contributed by atoms with van der Waals surface area (Å²) < 4.78 is 50.5. The fraction of sp³-hybridized carbons (Fsp3) is 0.474. The van der Waals surface area contributed by atoms with Gasteiger partial charge in [0.15, 0.2) is 5.84 Å². The van der Waals surface area contributed by atoms with Gasteiger partial charge in [-0.2, -0.15) is 18.3 Å². The number of halogens is 3. The first-order valence-corrected chi connectivity index (χ1v) is 9.24. The van der Waals surface area contributed by atoms with E-state index >= 15 is 0 Å². The molecule has 10 heteroatoms. The SMILES string of the molecule is CCOC(/C=C\N(/N=C(\N)c1cc(OC(C)C)cc(C(F)(F)F)c1)C1CC1)=N\N. The highest BCUT2D eigenvalue weighted by atomic mass is 19.4. The molecule has 1 saturated carbocycles. The van der Waals surface area contributed by atoms with Crippen LogP contribution in [0.15, 0.2) is 40.7 Å². The van der Waals surface area contributed by atoms with E-state index in [0.717, 1.165) is 25.0 Å². The van der Waals surface area contributed by atoms with E-state index in [2.05, 4.69) is 10.2 Å². The molecule has 0 spiro atoms. The topological polar surface area (TPSA) is 98.5 Å². The molecule has 1 aromatic carbocycles. The first kappa shape index (κ1) is 22.4. The second kappa shape index (κ2) is 9.53. The zero-order valence-corrected chi connectivity index (χ0v) is 16.6. The molecule has 29 heavy (non-hydrogen) atoms. The molecular weight excluding hydrogens is 387 g/mol. The minimum absolute atomic E-state index is 0.0658. The number of hydrogen-bond donors (Lipinski definition) is 2. The summed E-state index contributed by atoms with van der Waals surface area (Å²) in [7, 11) is 0. The average Bonchev–Trinajstić information content (AvgIpc) is 3.47. The van der Waals surface area contributed by atoms with Gasteiger partial charge in [0.25, 0.3) is 0 Å². The molecule has 7 nitrogen and oxygen atoms in total. The molecule has 4 N–H and O–H groups in total. The van der Waals surface area contributed by atoms with Crippen LogP contribution in [0.4, 0.5) is 13.2 Å². The Morgan fingerprint density at radius 2 is 2.00 bits per heavy atom. The number of hydrogen-bond acceptors (Lipinski definition) is 6. The maximum atomic E-state index is 13.3. The molecule has 1 aliphatic carbocycles. The van der Waals surface area contributed by atoms with Crippen molar-refractivity contribution >= 4 is 11.7 Å². The summed E-state index contributed by atoms with van der Waals surface area (Å²) >= 11 is 0. The van der Waals surface area contributed by atoms with E-state index < -0.39 is 11.7 Å². The van der Waals surface area contributed by atoms with E-state index in [0.29, 0.717) is 6.61 Å². The molecule has 160 valence electrons. The molecule has 0 bridgehead atoms. The van der Waals surface area contributed by atoms with Crippen LogP contribution in [0.25, 0.3) is 0 Å². The summed E-state index contributed by atoms with van der Waals surface area (Å²) in [5.74, 6) is 5.47. The molecule has 0 heterocycles. The van der Waals surface area contributed by atoms with Gasteiger partial charge in [-0.05, 0) is 51.8 Å². The summed E-state index contributed by atoms with van der Waals surface area (Å²) in [4.78, 5) is 0. The second-order valence-corrected chi connectivity index (χ2v) is 6.72. The van der Waals surface area contributed by atoms with Crippen LogP contribution in [0.3, 0.4) is 0 Å². The van der Waals surface area contributed by atoms with Crippen molar-refractivity contribution in [1.29, 1.82) is 0 Å². The number of nitrogens with zero attached hydrogens (tertiary/aromatic N) is 3. The summed E-state index contributed by atoms with van der Waals surface area (Å²) in [6.45, 7) is 5.63. The lowest BCUT2D eigenvalue weighted by molar-refractivity contribution is -0.137. The van der Waals surface area contributed by atoms with E-state index in [1.54, 1.807) is 32.0 Å². The normalized spacial score (nSPS) is 15.8. The molecule has 0 unspecified atom stereocenters. The van der Waals surface area contributed by atoms with Crippen molar-refractivity contribution < 1.29 is 22.6 Å². The Morgan fingerprint density at radius 1 is 1.31 bits per heavy atom. The number of hydrazone groups is 2. The first-order valence-electron chi connectivity index (χ1n) is 9.24. The number of amidine groups is 1. The Kier molecular flexibility index (Phi) is 7.35. The van der Waals surface area contributed by atoms with Crippen molar-refractivity contribution in [3.05, 3.63) is 41.6 Å². The van der Waals surface area contributed by atoms with Crippen molar-refractivity contribution in [2.45, 2.75) is 51.9 Å². The van der Waals surface area contributed by atoms with Crippen LogP contribution in [0.5, 0.6) is 5.75 Å². The lowest BCUT2D eigenvalue weighted by Crippen LogP contribution is -2.23. The van der Waals surface area contributed by atoms with Gasteiger partial charge in [-0.15, -0.1) is 5.10 Å². The Bertz CT molecular complexity index is 787. The maximum Gasteiger partial charge on any atom is 0.416 e. The summed E-state index contributed by atoms with van der Waals surface area (Å²) in [5, 5.41) is 9.36. The van der Waals surface area contributed by atoms with Gasteiger partial charge in [0, 0.05) is 17.8 Å². The van der Waals surface area contributed by atoms with E-state index in [-0.39, 0.29) is 35.2 Å². The molecule has 0 aromatic heterocycles. The fourth-order valence-electron chi connectivity index (χ4n) is 2.43.